The van der Waals surface area contributed by atoms with Crippen molar-refractivity contribution in [2.75, 3.05) is 0 Å². The normalized spacial score (nSPS) is 12.0. The first-order valence-electron chi connectivity index (χ1n) is 11.1. The summed E-state index contributed by atoms with van der Waals surface area (Å²) in [5.41, 5.74) is 0.441. The van der Waals surface area contributed by atoms with Crippen LogP contribution in [0.3, 0.4) is 0 Å². The SMILES string of the molecule is O=c1ccc2ccc([I+](OS(=O)(=O)c3ccccc3)c3ccc4oc5ccccc5c(=O)c4c3)cc2o1. The maximum absolute atomic E-state index is 13.3. The van der Waals surface area contributed by atoms with E-state index in [9.17, 15) is 18.0 Å². The molecule has 0 saturated heterocycles. The monoisotopic (exact) mass is 624 g/mol. The van der Waals surface area contributed by atoms with Crippen LogP contribution in [0.4, 0.5) is 0 Å². The lowest BCUT2D eigenvalue weighted by atomic mass is 10.1. The van der Waals surface area contributed by atoms with Crippen molar-refractivity contribution in [2.24, 2.45) is 0 Å². The van der Waals surface area contributed by atoms with Gasteiger partial charge in [-0.15, -0.1) is 0 Å². The molecule has 0 fully saturated rings. The van der Waals surface area contributed by atoms with Crippen molar-refractivity contribution in [2.45, 2.75) is 4.90 Å². The Morgan fingerprint density at radius 3 is 2.14 bits per heavy atom. The van der Waals surface area contributed by atoms with Crippen LogP contribution in [0.1, 0.15) is 0 Å². The van der Waals surface area contributed by atoms with Crippen LogP contribution in [0, 0.1) is 7.14 Å². The molecule has 6 aromatic rings. The van der Waals surface area contributed by atoms with Crippen molar-refractivity contribution in [3.8, 4) is 0 Å². The van der Waals surface area contributed by atoms with Gasteiger partial charge < -0.3 is 8.83 Å². The summed E-state index contributed by atoms with van der Waals surface area (Å²) in [4.78, 5) is 25.1. The average molecular weight is 624 g/mol. The van der Waals surface area contributed by atoms with E-state index in [0.29, 0.717) is 40.0 Å². The van der Waals surface area contributed by atoms with Crippen LogP contribution in [-0.2, 0) is 12.6 Å². The standard InChI is InChI=1S/C28H17IO7S/c30-27-15-11-18-10-12-20(17-26(18)35-27)29(36-37(32,33)21-6-2-1-3-7-21)19-13-14-25-23(16-19)28(31)22-8-4-5-9-24(22)34-25/h1-17H/q+1. The molecule has 183 valence electrons. The third kappa shape index (κ3) is 4.45. The number of benzene rings is 4. The smallest absolute Gasteiger partial charge is 0.336 e. The molecule has 0 spiro atoms. The largest absolute Gasteiger partial charge is 0.456 e. The Kier molecular flexibility index (Phi) is 5.90. The van der Waals surface area contributed by atoms with Crippen LogP contribution in [0.15, 0.2) is 126 Å². The van der Waals surface area contributed by atoms with Crippen LogP contribution in [-0.4, -0.2) is 8.42 Å². The summed E-state index contributed by atoms with van der Waals surface area (Å²) in [6, 6.07) is 28.0. The summed E-state index contributed by atoms with van der Waals surface area (Å²) in [7, 11) is -4.14. The Hall–Kier alpha value is -3.80. The molecule has 0 aliphatic carbocycles. The molecule has 0 aliphatic rings. The van der Waals surface area contributed by atoms with Crippen molar-refractivity contribution in [1.82, 2.24) is 0 Å². The minimum absolute atomic E-state index is 0.0240. The van der Waals surface area contributed by atoms with E-state index < -0.39 is 36.0 Å². The molecule has 7 nitrogen and oxygen atoms in total. The number of fused-ring (bicyclic) bond motifs is 3. The summed E-state index contributed by atoms with van der Waals surface area (Å²) < 4.78 is 44.9. The van der Waals surface area contributed by atoms with E-state index in [1.807, 2.05) is 0 Å². The van der Waals surface area contributed by atoms with Gasteiger partial charge in [0.15, 0.2) is 7.14 Å². The average Bonchev–Trinajstić information content (AvgIpc) is 2.92. The van der Waals surface area contributed by atoms with Gasteiger partial charge in [0, 0.05) is 23.6 Å². The lowest BCUT2D eigenvalue weighted by Gasteiger charge is -2.08. The highest BCUT2D eigenvalue weighted by Crippen LogP contribution is 2.18. The highest BCUT2D eigenvalue weighted by molar-refractivity contribution is 7.86. The number of hydrogen-bond donors (Lipinski definition) is 0. The quantitative estimate of drug-likeness (QED) is 0.164. The van der Waals surface area contributed by atoms with Crippen LogP contribution in [0.5, 0.6) is 0 Å². The molecule has 0 atom stereocenters. The zero-order valence-electron chi connectivity index (χ0n) is 19.0. The van der Waals surface area contributed by atoms with Crippen molar-refractivity contribution in [3.63, 3.8) is 0 Å². The van der Waals surface area contributed by atoms with Crippen molar-refractivity contribution in [3.05, 3.63) is 131 Å². The molecule has 0 unspecified atom stereocenters. The van der Waals surface area contributed by atoms with Crippen LogP contribution in [0.2, 0.25) is 0 Å². The fourth-order valence-electron chi connectivity index (χ4n) is 3.93. The Morgan fingerprint density at radius 2 is 1.30 bits per heavy atom. The highest BCUT2D eigenvalue weighted by atomic mass is 127. The highest BCUT2D eigenvalue weighted by Gasteiger charge is 2.38. The molecule has 2 heterocycles. The lowest BCUT2D eigenvalue weighted by Crippen LogP contribution is -3.85. The van der Waals surface area contributed by atoms with E-state index in [4.69, 9.17) is 11.3 Å². The zero-order chi connectivity index (χ0) is 25.6. The van der Waals surface area contributed by atoms with Gasteiger partial charge in [-0.1, -0.05) is 30.3 Å². The van der Waals surface area contributed by atoms with E-state index in [0.717, 1.165) is 0 Å². The van der Waals surface area contributed by atoms with Gasteiger partial charge in [0.05, 0.1) is 15.7 Å². The molecular formula is C28H17IO7S+. The summed E-state index contributed by atoms with van der Waals surface area (Å²) in [5, 5.41) is 1.44. The fraction of sp³-hybridized carbons (Fsp3) is 0. The Bertz CT molecular complexity index is 2030. The molecule has 0 N–H and O–H groups in total. The number of halogens is 1. The number of hydrogen-bond acceptors (Lipinski definition) is 7. The van der Waals surface area contributed by atoms with Gasteiger partial charge in [0.25, 0.3) is 0 Å². The maximum atomic E-state index is 13.3. The topological polar surface area (TPSA) is 104 Å². The van der Waals surface area contributed by atoms with Gasteiger partial charge >= 0.3 is 36.0 Å². The van der Waals surface area contributed by atoms with Crippen LogP contribution < -0.4 is 31.3 Å². The maximum Gasteiger partial charge on any atom is 0.336 e. The van der Waals surface area contributed by atoms with E-state index >= 15 is 0 Å². The second-order valence-electron chi connectivity index (χ2n) is 8.08. The molecule has 0 saturated carbocycles. The van der Waals surface area contributed by atoms with Gasteiger partial charge in [-0.2, -0.15) is 8.42 Å². The molecule has 2 aromatic heterocycles. The minimum atomic E-state index is -4.14. The van der Waals surface area contributed by atoms with Crippen molar-refractivity contribution < 1.29 is 40.0 Å². The predicted molar refractivity (Wildman–Crippen MR) is 135 cm³/mol. The van der Waals surface area contributed by atoms with Gasteiger partial charge in [-0.25, -0.2) is 4.79 Å². The summed E-state index contributed by atoms with van der Waals surface area (Å²) in [5.74, 6) is 0. The van der Waals surface area contributed by atoms with E-state index in [1.165, 1.54) is 18.2 Å². The first-order valence-corrected chi connectivity index (χ1v) is 15.5. The molecular weight excluding hydrogens is 607 g/mol. The van der Waals surface area contributed by atoms with Gasteiger partial charge in [-0.05, 0) is 57.1 Å². The number of rotatable bonds is 5. The first kappa shape index (κ1) is 23.6. The molecule has 1 radical (unpaired) electrons. The van der Waals surface area contributed by atoms with Gasteiger partial charge in [0.1, 0.15) is 16.7 Å². The third-order valence-corrected chi connectivity index (χ3v) is 12.9. The van der Waals surface area contributed by atoms with E-state index in [-0.39, 0.29) is 10.3 Å². The Morgan fingerprint density at radius 1 is 0.622 bits per heavy atom. The zero-order valence-corrected chi connectivity index (χ0v) is 21.9. The van der Waals surface area contributed by atoms with E-state index in [2.05, 4.69) is 0 Å². The Balaban J connectivity index is 1.56. The predicted octanol–water partition coefficient (Wildman–Crippen LogP) is 2.04. The molecule has 9 heteroatoms. The molecule has 37 heavy (non-hydrogen) atoms. The third-order valence-electron chi connectivity index (χ3n) is 5.70. The molecule has 6 rings (SSSR count). The second kappa shape index (κ2) is 9.25. The fourth-order valence-corrected chi connectivity index (χ4v) is 11.0. The van der Waals surface area contributed by atoms with Crippen molar-refractivity contribution in [1.29, 1.82) is 0 Å². The van der Waals surface area contributed by atoms with Crippen LogP contribution in [0.25, 0.3) is 32.9 Å². The van der Waals surface area contributed by atoms with E-state index in [1.54, 1.807) is 84.9 Å². The molecule has 0 amide bonds. The summed E-state index contributed by atoms with van der Waals surface area (Å²) in [6.45, 7) is 0. The second-order valence-corrected chi connectivity index (χ2v) is 14.6. The van der Waals surface area contributed by atoms with Crippen molar-refractivity contribution >= 4 is 43.0 Å². The van der Waals surface area contributed by atoms with Gasteiger partial charge in [-0.3, -0.25) is 4.79 Å². The summed E-state index contributed by atoms with van der Waals surface area (Å²) in [6.07, 6.45) is 0. The molecule has 0 aliphatic heterocycles. The molecule has 0 bridgehead atoms. The minimum Gasteiger partial charge on any atom is -0.456 e. The number of para-hydroxylation sites is 1. The lowest BCUT2D eigenvalue weighted by molar-refractivity contribution is -1.03. The van der Waals surface area contributed by atoms with Gasteiger partial charge in [0.2, 0.25) is 5.43 Å². The Labute approximate surface area is 218 Å². The van der Waals surface area contributed by atoms with Crippen LogP contribution >= 0.6 is 0 Å². The summed E-state index contributed by atoms with van der Waals surface area (Å²) >= 11 is -3.23. The first-order chi connectivity index (χ1) is 17.9. The molecule has 4 aromatic carbocycles.